The van der Waals surface area contributed by atoms with Gasteiger partial charge in [0.25, 0.3) is 5.91 Å². The molecule has 0 bridgehead atoms. The standard InChI is InChI=1S/C27H26N2O2S/c1-19-24(20(2)31-29-19)18-32-26-16-10-9-15-23(26)27(30)28-25(22-13-7-4-8-14-22)17-21-11-5-3-6-12-21/h3-16,25H,17-18H2,1-2H3,(H,28,30). The molecule has 0 spiro atoms. The molecule has 4 aromatic rings. The SMILES string of the molecule is Cc1noc(C)c1CSc1ccccc1C(=O)NC(Cc1ccccc1)c1ccccc1. The average molecular weight is 443 g/mol. The first-order chi connectivity index (χ1) is 15.6. The van der Waals surface area contributed by atoms with Crippen molar-refractivity contribution in [1.82, 2.24) is 10.5 Å². The Labute approximate surface area is 193 Å². The summed E-state index contributed by atoms with van der Waals surface area (Å²) >= 11 is 1.63. The molecule has 1 atom stereocenters. The van der Waals surface area contributed by atoms with E-state index in [1.807, 2.05) is 74.5 Å². The van der Waals surface area contributed by atoms with E-state index in [0.29, 0.717) is 11.3 Å². The number of amides is 1. The highest BCUT2D eigenvalue weighted by molar-refractivity contribution is 7.98. The number of nitrogens with zero attached hydrogens (tertiary/aromatic N) is 1. The van der Waals surface area contributed by atoms with Gasteiger partial charge in [0.05, 0.1) is 17.3 Å². The second kappa shape index (κ2) is 10.3. The lowest BCUT2D eigenvalue weighted by atomic mass is 9.98. The van der Waals surface area contributed by atoms with Crippen molar-refractivity contribution in [1.29, 1.82) is 0 Å². The van der Waals surface area contributed by atoms with Gasteiger partial charge in [-0.2, -0.15) is 0 Å². The van der Waals surface area contributed by atoms with Crippen LogP contribution in [0.5, 0.6) is 0 Å². The van der Waals surface area contributed by atoms with Crippen LogP contribution in [0, 0.1) is 13.8 Å². The molecule has 4 nitrogen and oxygen atoms in total. The predicted octanol–water partition coefficient (Wildman–Crippen LogP) is 6.30. The van der Waals surface area contributed by atoms with E-state index < -0.39 is 0 Å². The van der Waals surface area contributed by atoms with Crippen LogP contribution in [-0.4, -0.2) is 11.1 Å². The Morgan fingerprint density at radius 2 is 1.59 bits per heavy atom. The molecule has 0 aliphatic carbocycles. The van der Waals surface area contributed by atoms with Crippen LogP contribution in [0.3, 0.4) is 0 Å². The molecule has 1 N–H and O–H groups in total. The first-order valence-corrected chi connectivity index (χ1v) is 11.6. The maximum absolute atomic E-state index is 13.4. The molecule has 0 radical (unpaired) electrons. The summed E-state index contributed by atoms with van der Waals surface area (Å²) in [6, 6.07) is 28.0. The predicted molar refractivity (Wildman–Crippen MR) is 129 cm³/mol. The first kappa shape index (κ1) is 21.9. The Hall–Kier alpha value is -3.31. The van der Waals surface area contributed by atoms with Crippen LogP contribution in [0.15, 0.2) is 94.3 Å². The highest BCUT2D eigenvalue weighted by atomic mass is 32.2. The van der Waals surface area contributed by atoms with Gasteiger partial charge in [-0.1, -0.05) is 78.0 Å². The Balaban J connectivity index is 1.54. The lowest BCUT2D eigenvalue weighted by Gasteiger charge is -2.20. The molecule has 0 aliphatic heterocycles. The lowest BCUT2D eigenvalue weighted by molar-refractivity contribution is 0.0933. The van der Waals surface area contributed by atoms with Gasteiger partial charge in [-0.15, -0.1) is 11.8 Å². The Morgan fingerprint density at radius 3 is 2.28 bits per heavy atom. The number of benzene rings is 3. The molecule has 4 rings (SSSR count). The normalized spacial score (nSPS) is 11.8. The molecule has 5 heteroatoms. The number of aryl methyl sites for hydroxylation is 2. The van der Waals surface area contributed by atoms with Crippen LogP contribution in [0.4, 0.5) is 0 Å². The van der Waals surface area contributed by atoms with E-state index in [9.17, 15) is 4.79 Å². The summed E-state index contributed by atoms with van der Waals surface area (Å²) in [5, 5.41) is 7.30. The highest BCUT2D eigenvalue weighted by Crippen LogP contribution is 2.29. The Bertz CT molecular complexity index is 1150. The summed E-state index contributed by atoms with van der Waals surface area (Å²) in [7, 11) is 0. The van der Waals surface area contributed by atoms with Gasteiger partial charge in [0, 0.05) is 16.2 Å². The monoisotopic (exact) mass is 442 g/mol. The topological polar surface area (TPSA) is 55.1 Å². The number of carbonyl (C=O) groups is 1. The van der Waals surface area contributed by atoms with Crippen LogP contribution < -0.4 is 5.32 Å². The molecule has 1 aromatic heterocycles. The smallest absolute Gasteiger partial charge is 0.252 e. The molecular formula is C27H26N2O2S. The van der Waals surface area contributed by atoms with Crippen molar-refractivity contribution in [3.05, 3.63) is 119 Å². The second-order valence-electron chi connectivity index (χ2n) is 7.71. The molecule has 1 unspecified atom stereocenters. The van der Waals surface area contributed by atoms with Crippen molar-refractivity contribution in [2.45, 2.75) is 37.0 Å². The van der Waals surface area contributed by atoms with Crippen molar-refractivity contribution < 1.29 is 9.32 Å². The fourth-order valence-corrected chi connectivity index (χ4v) is 4.86. The van der Waals surface area contributed by atoms with Gasteiger partial charge in [0.15, 0.2) is 0 Å². The average Bonchev–Trinajstić information content (AvgIpc) is 3.15. The second-order valence-corrected chi connectivity index (χ2v) is 8.73. The number of hydrogen-bond acceptors (Lipinski definition) is 4. The van der Waals surface area contributed by atoms with Crippen molar-refractivity contribution in [3.63, 3.8) is 0 Å². The van der Waals surface area contributed by atoms with Crippen LogP contribution in [-0.2, 0) is 12.2 Å². The molecular weight excluding hydrogens is 416 g/mol. The fraction of sp³-hybridized carbons (Fsp3) is 0.185. The zero-order valence-corrected chi connectivity index (χ0v) is 19.1. The van der Waals surface area contributed by atoms with E-state index in [2.05, 4.69) is 34.7 Å². The number of carbonyl (C=O) groups excluding carboxylic acids is 1. The number of nitrogens with one attached hydrogen (secondary N) is 1. The van der Waals surface area contributed by atoms with Gasteiger partial charge in [-0.05, 0) is 43.5 Å². The minimum Gasteiger partial charge on any atom is -0.361 e. The zero-order chi connectivity index (χ0) is 22.3. The molecule has 0 aliphatic rings. The summed E-state index contributed by atoms with van der Waals surface area (Å²) < 4.78 is 5.28. The molecule has 0 saturated carbocycles. The van der Waals surface area contributed by atoms with E-state index in [0.717, 1.165) is 33.9 Å². The number of thioether (sulfide) groups is 1. The number of rotatable bonds is 8. The van der Waals surface area contributed by atoms with Crippen LogP contribution in [0.25, 0.3) is 0 Å². The number of hydrogen-bond donors (Lipinski definition) is 1. The molecule has 1 heterocycles. The summed E-state index contributed by atoms with van der Waals surface area (Å²) in [6.45, 7) is 3.86. The van der Waals surface area contributed by atoms with E-state index in [-0.39, 0.29) is 11.9 Å². The van der Waals surface area contributed by atoms with Gasteiger partial charge < -0.3 is 9.84 Å². The summed E-state index contributed by atoms with van der Waals surface area (Å²) in [6.07, 6.45) is 0.727. The fourth-order valence-electron chi connectivity index (χ4n) is 3.66. The maximum atomic E-state index is 13.4. The minimum absolute atomic E-state index is 0.0725. The Kier molecular flexibility index (Phi) is 7.07. The van der Waals surface area contributed by atoms with E-state index in [4.69, 9.17) is 4.52 Å². The summed E-state index contributed by atoms with van der Waals surface area (Å²) in [5.41, 5.74) is 4.92. The molecule has 162 valence electrons. The third kappa shape index (κ3) is 5.29. The summed E-state index contributed by atoms with van der Waals surface area (Å²) in [5.74, 6) is 1.46. The lowest BCUT2D eigenvalue weighted by Crippen LogP contribution is -2.30. The van der Waals surface area contributed by atoms with Crippen LogP contribution >= 0.6 is 11.8 Å². The molecule has 0 fully saturated rings. The Morgan fingerprint density at radius 1 is 0.938 bits per heavy atom. The van der Waals surface area contributed by atoms with E-state index in [1.165, 1.54) is 5.56 Å². The molecule has 1 amide bonds. The van der Waals surface area contributed by atoms with Gasteiger partial charge >= 0.3 is 0 Å². The third-order valence-corrected chi connectivity index (χ3v) is 6.57. The third-order valence-electron chi connectivity index (χ3n) is 5.47. The van der Waals surface area contributed by atoms with Crippen molar-refractivity contribution >= 4 is 17.7 Å². The van der Waals surface area contributed by atoms with Gasteiger partial charge in [0.2, 0.25) is 0 Å². The molecule has 3 aromatic carbocycles. The maximum Gasteiger partial charge on any atom is 0.252 e. The van der Waals surface area contributed by atoms with Gasteiger partial charge in [-0.3, -0.25) is 4.79 Å². The van der Waals surface area contributed by atoms with Crippen LogP contribution in [0.2, 0.25) is 0 Å². The van der Waals surface area contributed by atoms with E-state index >= 15 is 0 Å². The molecule has 0 saturated heterocycles. The molecule has 32 heavy (non-hydrogen) atoms. The zero-order valence-electron chi connectivity index (χ0n) is 18.2. The van der Waals surface area contributed by atoms with Crippen molar-refractivity contribution in [2.24, 2.45) is 0 Å². The minimum atomic E-state index is -0.119. The quantitative estimate of drug-likeness (QED) is 0.326. The highest BCUT2D eigenvalue weighted by Gasteiger charge is 2.19. The van der Waals surface area contributed by atoms with Crippen LogP contribution in [0.1, 0.15) is 44.5 Å². The number of aromatic nitrogens is 1. The van der Waals surface area contributed by atoms with Crippen molar-refractivity contribution in [3.8, 4) is 0 Å². The van der Waals surface area contributed by atoms with Crippen molar-refractivity contribution in [2.75, 3.05) is 0 Å². The first-order valence-electron chi connectivity index (χ1n) is 10.6. The summed E-state index contributed by atoms with van der Waals surface area (Å²) in [4.78, 5) is 14.3. The van der Waals surface area contributed by atoms with Gasteiger partial charge in [-0.25, -0.2) is 0 Å². The van der Waals surface area contributed by atoms with Gasteiger partial charge in [0.1, 0.15) is 5.76 Å². The largest absolute Gasteiger partial charge is 0.361 e. The van der Waals surface area contributed by atoms with E-state index in [1.54, 1.807) is 11.8 Å².